The molecular formula is C28H34N6O2. The third-order valence-corrected chi connectivity index (χ3v) is 6.82. The Labute approximate surface area is 211 Å². The second-order valence-electron chi connectivity index (χ2n) is 9.72. The van der Waals surface area contributed by atoms with Crippen molar-refractivity contribution >= 4 is 22.6 Å². The number of nitrogens with one attached hydrogen (secondary N) is 1. The van der Waals surface area contributed by atoms with E-state index in [1.165, 1.54) is 5.69 Å². The van der Waals surface area contributed by atoms with Crippen molar-refractivity contribution in [3.05, 3.63) is 65.7 Å². The van der Waals surface area contributed by atoms with Gasteiger partial charge in [0.1, 0.15) is 11.5 Å². The van der Waals surface area contributed by atoms with Crippen molar-refractivity contribution in [2.45, 2.75) is 33.7 Å². The first-order valence-corrected chi connectivity index (χ1v) is 12.7. The fourth-order valence-corrected chi connectivity index (χ4v) is 4.90. The van der Waals surface area contributed by atoms with Crippen LogP contribution in [0.5, 0.6) is 0 Å². The van der Waals surface area contributed by atoms with Crippen LogP contribution >= 0.6 is 0 Å². The van der Waals surface area contributed by atoms with Crippen LogP contribution in [0, 0.1) is 13.8 Å². The number of piperazine rings is 1. The molecule has 0 atom stereocenters. The number of carbonyl (C=O) groups excluding carboxylic acids is 1. The molecule has 0 bridgehead atoms. The number of nitrogens with zero attached hydrogens (tertiary/aromatic N) is 5. The summed E-state index contributed by atoms with van der Waals surface area (Å²) < 4.78 is 7.60. The number of benzene rings is 1. The lowest BCUT2D eigenvalue weighted by Gasteiger charge is -2.36. The van der Waals surface area contributed by atoms with Gasteiger partial charge in [0.2, 0.25) is 0 Å². The van der Waals surface area contributed by atoms with Crippen LogP contribution in [-0.4, -0.2) is 64.8 Å². The van der Waals surface area contributed by atoms with Crippen LogP contribution in [0.15, 0.2) is 53.1 Å². The maximum Gasteiger partial charge on any atom is 0.252 e. The highest BCUT2D eigenvalue weighted by atomic mass is 16.3. The molecule has 8 nitrogen and oxygen atoms in total. The summed E-state index contributed by atoms with van der Waals surface area (Å²) in [6.07, 6.45) is 1.75. The third kappa shape index (κ3) is 4.86. The van der Waals surface area contributed by atoms with Gasteiger partial charge >= 0.3 is 0 Å². The average molecular weight is 487 g/mol. The van der Waals surface area contributed by atoms with Crippen molar-refractivity contribution in [3.8, 4) is 11.3 Å². The van der Waals surface area contributed by atoms with Crippen LogP contribution in [0.4, 0.5) is 5.69 Å². The molecule has 1 aliphatic heterocycles. The number of fused-ring (bicyclic) bond motifs is 1. The summed E-state index contributed by atoms with van der Waals surface area (Å²) in [5.41, 5.74) is 4.20. The lowest BCUT2D eigenvalue weighted by atomic mass is 10.1. The summed E-state index contributed by atoms with van der Waals surface area (Å²) >= 11 is 0. The first-order valence-electron chi connectivity index (χ1n) is 12.7. The topological polar surface area (TPSA) is 79.4 Å². The van der Waals surface area contributed by atoms with Gasteiger partial charge < -0.3 is 14.6 Å². The molecule has 8 heteroatoms. The van der Waals surface area contributed by atoms with E-state index in [1.54, 1.807) is 6.20 Å². The molecule has 1 amide bonds. The first kappa shape index (κ1) is 24.1. The highest BCUT2D eigenvalue weighted by Crippen LogP contribution is 2.30. The number of pyridine rings is 1. The predicted molar refractivity (Wildman–Crippen MR) is 143 cm³/mol. The van der Waals surface area contributed by atoms with Crippen molar-refractivity contribution in [3.63, 3.8) is 0 Å². The van der Waals surface area contributed by atoms with E-state index in [-0.39, 0.29) is 11.9 Å². The highest BCUT2D eigenvalue weighted by molar-refractivity contribution is 6.06. The smallest absolute Gasteiger partial charge is 0.252 e. The Hall–Kier alpha value is -3.65. The van der Waals surface area contributed by atoms with Gasteiger partial charge in [-0.1, -0.05) is 18.2 Å². The van der Waals surface area contributed by atoms with Gasteiger partial charge in [-0.05, 0) is 52.0 Å². The van der Waals surface area contributed by atoms with E-state index in [0.29, 0.717) is 17.8 Å². The van der Waals surface area contributed by atoms with E-state index in [9.17, 15) is 4.79 Å². The van der Waals surface area contributed by atoms with Gasteiger partial charge in [0.25, 0.3) is 5.91 Å². The molecule has 188 valence electrons. The van der Waals surface area contributed by atoms with Crippen LogP contribution in [0.3, 0.4) is 0 Å². The zero-order valence-electron chi connectivity index (χ0n) is 21.5. The lowest BCUT2D eigenvalue weighted by Crippen LogP contribution is -2.48. The molecule has 36 heavy (non-hydrogen) atoms. The van der Waals surface area contributed by atoms with E-state index in [1.807, 2.05) is 36.7 Å². The van der Waals surface area contributed by atoms with Gasteiger partial charge in [0, 0.05) is 56.6 Å². The Bertz CT molecular complexity index is 1350. The van der Waals surface area contributed by atoms with Crippen molar-refractivity contribution < 1.29 is 9.21 Å². The number of anilines is 1. The van der Waals surface area contributed by atoms with E-state index >= 15 is 0 Å². The normalized spacial score (nSPS) is 14.6. The van der Waals surface area contributed by atoms with Crippen molar-refractivity contribution in [1.29, 1.82) is 0 Å². The largest absolute Gasteiger partial charge is 0.466 e. The number of para-hydroxylation sites is 1. The number of hydrogen-bond acceptors (Lipinski definition) is 6. The van der Waals surface area contributed by atoms with E-state index < -0.39 is 0 Å². The molecule has 3 aromatic heterocycles. The second kappa shape index (κ2) is 10.1. The maximum atomic E-state index is 13.4. The minimum atomic E-state index is -0.104. The number of aryl methyl sites for hydroxylation is 2. The number of aromatic nitrogens is 3. The van der Waals surface area contributed by atoms with Crippen molar-refractivity contribution in [1.82, 2.24) is 25.0 Å². The fraction of sp³-hybridized carbons (Fsp3) is 0.393. The zero-order chi connectivity index (χ0) is 25.2. The Kier molecular flexibility index (Phi) is 6.78. The number of rotatable bonds is 7. The molecule has 0 saturated carbocycles. The van der Waals surface area contributed by atoms with Crippen LogP contribution in [0.2, 0.25) is 0 Å². The Morgan fingerprint density at radius 2 is 1.83 bits per heavy atom. The van der Waals surface area contributed by atoms with Gasteiger partial charge in [0.05, 0.1) is 22.8 Å². The second-order valence-corrected chi connectivity index (χ2v) is 9.72. The SMILES string of the molecule is Cc1cc(-c2cc(C(=O)NCCN3CCN(c4ccccc4)CC3)c3cnn(C(C)C)c3n2)c(C)o1. The van der Waals surface area contributed by atoms with Crippen LogP contribution < -0.4 is 10.2 Å². The summed E-state index contributed by atoms with van der Waals surface area (Å²) in [5.74, 6) is 1.50. The average Bonchev–Trinajstić information content (AvgIpc) is 3.46. The summed E-state index contributed by atoms with van der Waals surface area (Å²) in [6, 6.07) is 14.5. The molecule has 1 saturated heterocycles. The molecule has 4 heterocycles. The maximum absolute atomic E-state index is 13.4. The molecule has 1 fully saturated rings. The van der Waals surface area contributed by atoms with Crippen LogP contribution in [0.25, 0.3) is 22.3 Å². The fourth-order valence-electron chi connectivity index (χ4n) is 4.90. The number of amides is 1. The zero-order valence-corrected chi connectivity index (χ0v) is 21.5. The summed E-state index contributed by atoms with van der Waals surface area (Å²) in [4.78, 5) is 23.1. The van der Waals surface area contributed by atoms with E-state index in [2.05, 4.69) is 58.3 Å². The van der Waals surface area contributed by atoms with Gasteiger partial charge in [0.15, 0.2) is 5.65 Å². The van der Waals surface area contributed by atoms with Gasteiger partial charge in [-0.15, -0.1) is 0 Å². The Morgan fingerprint density at radius 3 is 2.50 bits per heavy atom. The lowest BCUT2D eigenvalue weighted by molar-refractivity contribution is 0.0949. The monoisotopic (exact) mass is 486 g/mol. The molecule has 0 radical (unpaired) electrons. The Balaban J connectivity index is 1.29. The van der Waals surface area contributed by atoms with Gasteiger partial charge in [-0.25, -0.2) is 9.67 Å². The molecule has 0 unspecified atom stereocenters. The van der Waals surface area contributed by atoms with Crippen LogP contribution in [0.1, 0.15) is 41.8 Å². The number of hydrogen-bond donors (Lipinski definition) is 1. The third-order valence-electron chi connectivity index (χ3n) is 6.82. The van der Waals surface area contributed by atoms with Gasteiger partial charge in [-0.3, -0.25) is 9.69 Å². The molecule has 5 rings (SSSR count). The standard InChI is InChI=1S/C28H34N6O2/c1-19(2)34-27-25(18-30-34)24(17-26(31-27)23-16-20(3)36-21(23)4)28(35)29-10-11-32-12-14-33(15-13-32)22-8-6-5-7-9-22/h5-9,16-19H,10-15H2,1-4H3,(H,29,35). The van der Waals surface area contributed by atoms with E-state index in [0.717, 1.165) is 60.9 Å². The van der Waals surface area contributed by atoms with E-state index in [4.69, 9.17) is 9.40 Å². The van der Waals surface area contributed by atoms with Crippen molar-refractivity contribution in [2.75, 3.05) is 44.2 Å². The first-order chi connectivity index (χ1) is 17.4. The molecule has 1 aromatic carbocycles. The summed E-state index contributed by atoms with van der Waals surface area (Å²) in [5, 5.41) is 8.42. The van der Waals surface area contributed by atoms with Crippen molar-refractivity contribution in [2.24, 2.45) is 0 Å². The molecule has 4 aromatic rings. The quantitative estimate of drug-likeness (QED) is 0.416. The summed E-state index contributed by atoms with van der Waals surface area (Å²) in [6.45, 7) is 13.3. The number of carbonyl (C=O) groups is 1. The van der Waals surface area contributed by atoms with Gasteiger partial charge in [-0.2, -0.15) is 5.10 Å². The molecule has 0 aliphatic carbocycles. The predicted octanol–water partition coefficient (Wildman–Crippen LogP) is 4.44. The minimum Gasteiger partial charge on any atom is -0.466 e. The molecule has 0 spiro atoms. The van der Waals surface area contributed by atoms with Crippen LogP contribution in [-0.2, 0) is 0 Å². The minimum absolute atomic E-state index is 0.104. The number of furan rings is 1. The highest BCUT2D eigenvalue weighted by Gasteiger charge is 2.21. The molecule has 1 N–H and O–H groups in total. The molecule has 1 aliphatic rings. The summed E-state index contributed by atoms with van der Waals surface area (Å²) in [7, 11) is 0. The molecular weight excluding hydrogens is 452 g/mol. The Morgan fingerprint density at radius 1 is 1.08 bits per heavy atom.